The minimum absolute atomic E-state index is 0.123. The zero-order valence-corrected chi connectivity index (χ0v) is 8.70. The molecule has 0 spiro atoms. The predicted molar refractivity (Wildman–Crippen MR) is 53.2 cm³/mol. The highest BCUT2D eigenvalue weighted by Crippen LogP contribution is 2.21. The summed E-state index contributed by atoms with van der Waals surface area (Å²) in [5, 5.41) is 2.98. The maximum absolute atomic E-state index is 13.4. The predicted octanol–water partition coefficient (Wildman–Crippen LogP) is 2.94. The molecule has 1 nitrogen and oxygen atoms in total. The summed E-state index contributed by atoms with van der Waals surface area (Å²) >= 11 is 0. The average molecular weight is 199 g/mol. The summed E-state index contributed by atoms with van der Waals surface area (Å²) in [7, 11) is 0. The molecule has 0 heterocycles. The summed E-state index contributed by atoms with van der Waals surface area (Å²) < 4.78 is 26.8. The number of hydrogen-bond acceptors (Lipinski definition) is 1. The average Bonchev–Trinajstić information content (AvgIpc) is 2.01. The summed E-state index contributed by atoms with van der Waals surface area (Å²) in [6, 6.07) is 2.42. The van der Waals surface area contributed by atoms with Crippen LogP contribution in [0.4, 0.5) is 8.78 Å². The van der Waals surface area contributed by atoms with Crippen LogP contribution in [0.25, 0.3) is 0 Å². The van der Waals surface area contributed by atoms with E-state index in [1.807, 2.05) is 6.92 Å². The Hall–Kier alpha value is -0.960. The standard InChI is InChI=1S/C11H15F2N/c1-4-14-8(3)11-9(12)5-7(2)6-10(11)13/h5-6,8,14H,4H2,1-3H3. The second kappa shape index (κ2) is 4.51. The molecule has 1 N–H and O–H groups in total. The molecule has 1 aromatic rings. The van der Waals surface area contributed by atoms with Gasteiger partial charge in [-0.2, -0.15) is 0 Å². The maximum atomic E-state index is 13.4. The molecule has 0 aliphatic heterocycles. The van der Waals surface area contributed by atoms with Gasteiger partial charge in [-0.1, -0.05) is 6.92 Å². The van der Waals surface area contributed by atoms with E-state index in [2.05, 4.69) is 5.32 Å². The normalized spacial score (nSPS) is 12.9. The van der Waals surface area contributed by atoms with Gasteiger partial charge in [-0.3, -0.25) is 0 Å². The molecule has 78 valence electrons. The van der Waals surface area contributed by atoms with Crippen LogP contribution >= 0.6 is 0 Å². The van der Waals surface area contributed by atoms with E-state index in [0.29, 0.717) is 12.1 Å². The highest BCUT2D eigenvalue weighted by atomic mass is 19.1. The van der Waals surface area contributed by atoms with Gasteiger partial charge in [0, 0.05) is 11.6 Å². The first-order valence-corrected chi connectivity index (χ1v) is 4.75. The van der Waals surface area contributed by atoms with Crippen molar-refractivity contribution in [3.63, 3.8) is 0 Å². The number of halogens is 2. The maximum Gasteiger partial charge on any atom is 0.131 e. The number of aryl methyl sites for hydroxylation is 1. The molecule has 0 aliphatic rings. The minimum Gasteiger partial charge on any atom is -0.310 e. The number of benzene rings is 1. The zero-order chi connectivity index (χ0) is 10.7. The van der Waals surface area contributed by atoms with Crippen LogP contribution in [-0.4, -0.2) is 6.54 Å². The molecular weight excluding hydrogens is 184 g/mol. The van der Waals surface area contributed by atoms with Gasteiger partial charge in [-0.05, 0) is 38.1 Å². The molecule has 0 radical (unpaired) electrons. The Balaban J connectivity index is 3.07. The Bertz CT molecular complexity index is 300. The van der Waals surface area contributed by atoms with E-state index in [1.165, 1.54) is 12.1 Å². The van der Waals surface area contributed by atoms with Crippen LogP contribution in [0.5, 0.6) is 0 Å². The van der Waals surface area contributed by atoms with E-state index >= 15 is 0 Å². The van der Waals surface area contributed by atoms with Crippen molar-refractivity contribution in [2.45, 2.75) is 26.8 Å². The fraction of sp³-hybridized carbons (Fsp3) is 0.455. The lowest BCUT2D eigenvalue weighted by Crippen LogP contribution is -2.20. The Labute approximate surface area is 83.1 Å². The molecule has 0 aromatic heterocycles. The van der Waals surface area contributed by atoms with Gasteiger partial charge in [0.2, 0.25) is 0 Å². The smallest absolute Gasteiger partial charge is 0.131 e. The van der Waals surface area contributed by atoms with Crippen LogP contribution < -0.4 is 5.32 Å². The van der Waals surface area contributed by atoms with Crippen molar-refractivity contribution < 1.29 is 8.78 Å². The molecule has 1 atom stereocenters. The zero-order valence-electron chi connectivity index (χ0n) is 8.70. The molecule has 0 saturated heterocycles. The van der Waals surface area contributed by atoms with Crippen molar-refractivity contribution in [1.29, 1.82) is 0 Å². The van der Waals surface area contributed by atoms with Crippen LogP contribution in [0.3, 0.4) is 0 Å². The molecule has 1 rings (SSSR count). The van der Waals surface area contributed by atoms with Crippen molar-refractivity contribution in [3.05, 3.63) is 34.9 Å². The van der Waals surface area contributed by atoms with Gasteiger partial charge in [0.1, 0.15) is 11.6 Å². The van der Waals surface area contributed by atoms with E-state index in [9.17, 15) is 8.78 Å². The second-order valence-corrected chi connectivity index (χ2v) is 3.42. The van der Waals surface area contributed by atoms with Crippen molar-refractivity contribution in [2.24, 2.45) is 0 Å². The van der Waals surface area contributed by atoms with Crippen molar-refractivity contribution >= 4 is 0 Å². The molecule has 1 unspecified atom stereocenters. The Morgan fingerprint density at radius 2 is 1.79 bits per heavy atom. The van der Waals surface area contributed by atoms with E-state index in [4.69, 9.17) is 0 Å². The summed E-state index contributed by atoms with van der Waals surface area (Å²) in [5.74, 6) is -0.952. The van der Waals surface area contributed by atoms with Crippen LogP contribution in [0.2, 0.25) is 0 Å². The summed E-state index contributed by atoms with van der Waals surface area (Å²) in [5.41, 5.74) is 0.727. The third-order valence-electron chi connectivity index (χ3n) is 2.17. The molecule has 0 bridgehead atoms. The van der Waals surface area contributed by atoms with Crippen molar-refractivity contribution in [2.75, 3.05) is 6.54 Å². The van der Waals surface area contributed by atoms with Crippen LogP contribution in [0.1, 0.15) is 31.0 Å². The second-order valence-electron chi connectivity index (χ2n) is 3.42. The number of nitrogens with one attached hydrogen (secondary N) is 1. The molecule has 14 heavy (non-hydrogen) atoms. The highest BCUT2D eigenvalue weighted by Gasteiger charge is 2.15. The lowest BCUT2D eigenvalue weighted by Gasteiger charge is -2.14. The van der Waals surface area contributed by atoms with Gasteiger partial charge in [0.25, 0.3) is 0 Å². The Morgan fingerprint density at radius 1 is 1.29 bits per heavy atom. The van der Waals surface area contributed by atoms with Crippen molar-refractivity contribution in [1.82, 2.24) is 5.32 Å². The fourth-order valence-corrected chi connectivity index (χ4v) is 1.53. The lowest BCUT2D eigenvalue weighted by molar-refractivity contribution is 0.495. The third-order valence-corrected chi connectivity index (χ3v) is 2.17. The monoisotopic (exact) mass is 199 g/mol. The first-order valence-electron chi connectivity index (χ1n) is 4.75. The first-order chi connectivity index (χ1) is 6.56. The van der Waals surface area contributed by atoms with Gasteiger partial charge >= 0.3 is 0 Å². The fourth-order valence-electron chi connectivity index (χ4n) is 1.53. The number of hydrogen-bond donors (Lipinski definition) is 1. The van der Waals surface area contributed by atoms with Crippen LogP contribution in [0, 0.1) is 18.6 Å². The summed E-state index contributed by atoms with van der Waals surface area (Å²) in [6.07, 6.45) is 0. The molecule has 0 amide bonds. The quantitative estimate of drug-likeness (QED) is 0.789. The van der Waals surface area contributed by atoms with Crippen molar-refractivity contribution in [3.8, 4) is 0 Å². The van der Waals surface area contributed by atoms with Gasteiger partial charge in [0.05, 0.1) is 0 Å². The van der Waals surface area contributed by atoms with E-state index < -0.39 is 11.6 Å². The molecule has 0 saturated carbocycles. The van der Waals surface area contributed by atoms with Gasteiger partial charge in [-0.25, -0.2) is 8.78 Å². The SMILES string of the molecule is CCNC(C)c1c(F)cc(C)cc1F. The topological polar surface area (TPSA) is 12.0 Å². The van der Waals surface area contributed by atoms with Crippen LogP contribution in [-0.2, 0) is 0 Å². The third kappa shape index (κ3) is 2.29. The Morgan fingerprint density at radius 3 is 2.21 bits per heavy atom. The molecule has 0 fully saturated rings. The first kappa shape index (κ1) is 11.1. The number of rotatable bonds is 3. The van der Waals surface area contributed by atoms with E-state index in [1.54, 1.807) is 13.8 Å². The summed E-state index contributed by atoms with van der Waals surface area (Å²) in [6.45, 7) is 6.02. The summed E-state index contributed by atoms with van der Waals surface area (Å²) in [4.78, 5) is 0. The van der Waals surface area contributed by atoms with Gasteiger partial charge in [0.15, 0.2) is 0 Å². The van der Waals surface area contributed by atoms with E-state index in [-0.39, 0.29) is 11.6 Å². The largest absolute Gasteiger partial charge is 0.310 e. The van der Waals surface area contributed by atoms with Gasteiger partial charge in [-0.15, -0.1) is 0 Å². The lowest BCUT2D eigenvalue weighted by atomic mass is 10.0. The molecule has 0 aliphatic carbocycles. The molecular formula is C11H15F2N. The minimum atomic E-state index is -0.476. The molecule has 3 heteroatoms. The highest BCUT2D eigenvalue weighted by molar-refractivity contribution is 5.27. The van der Waals surface area contributed by atoms with E-state index in [0.717, 1.165) is 0 Å². The van der Waals surface area contributed by atoms with Crippen LogP contribution in [0.15, 0.2) is 12.1 Å². The van der Waals surface area contributed by atoms with Gasteiger partial charge < -0.3 is 5.32 Å². The Kier molecular flexibility index (Phi) is 3.58. The molecule has 1 aromatic carbocycles.